The third-order valence-corrected chi connectivity index (χ3v) is 3.91. The third-order valence-electron chi connectivity index (χ3n) is 3.91. The number of fused-ring (bicyclic) bond motifs is 1. The lowest BCUT2D eigenvalue weighted by Crippen LogP contribution is -2.30. The zero-order valence-corrected chi connectivity index (χ0v) is 11.6. The van der Waals surface area contributed by atoms with Gasteiger partial charge in [0.2, 0.25) is 0 Å². The van der Waals surface area contributed by atoms with Crippen LogP contribution < -0.4 is 0 Å². The van der Waals surface area contributed by atoms with E-state index in [0.717, 1.165) is 18.4 Å². The van der Waals surface area contributed by atoms with Gasteiger partial charge in [-0.1, -0.05) is 6.07 Å². The molecule has 1 heterocycles. The van der Waals surface area contributed by atoms with E-state index in [2.05, 4.69) is 9.88 Å². The molecule has 1 aromatic carbocycles. The molecule has 0 radical (unpaired) electrons. The number of hydrogen-bond donors (Lipinski definition) is 1. The van der Waals surface area contributed by atoms with E-state index in [1.165, 1.54) is 6.07 Å². The second-order valence-corrected chi connectivity index (χ2v) is 5.71. The normalized spacial score (nSPS) is 16.8. The lowest BCUT2D eigenvalue weighted by atomic mass is 10.1. The molecule has 0 amide bonds. The van der Waals surface area contributed by atoms with Gasteiger partial charge in [0.1, 0.15) is 5.82 Å². The molecule has 0 spiro atoms. The molecule has 1 N–H and O–H groups in total. The molecular formula is C16H19FN2O. The van der Waals surface area contributed by atoms with Crippen molar-refractivity contribution in [2.75, 3.05) is 13.6 Å². The molecule has 1 saturated carbocycles. The van der Waals surface area contributed by atoms with Crippen LogP contribution in [0.25, 0.3) is 10.9 Å². The second kappa shape index (κ2) is 5.46. The van der Waals surface area contributed by atoms with Gasteiger partial charge in [-0.25, -0.2) is 4.39 Å². The van der Waals surface area contributed by atoms with Crippen LogP contribution in [0.3, 0.4) is 0 Å². The number of aliphatic hydroxyl groups excluding tert-OH is 1. The molecule has 0 saturated heterocycles. The number of halogens is 1. The highest BCUT2D eigenvalue weighted by Crippen LogP contribution is 2.33. The fourth-order valence-electron chi connectivity index (χ4n) is 2.63. The summed E-state index contributed by atoms with van der Waals surface area (Å²) in [6.07, 6.45) is 3.70. The molecule has 106 valence electrons. The van der Waals surface area contributed by atoms with Crippen LogP contribution in [0.15, 0.2) is 30.5 Å². The largest absolute Gasteiger partial charge is 0.392 e. The van der Waals surface area contributed by atoms with E-state index in [0.29, 0.717) is 29.9 Å². The lowest BCUT2D eigenvalue weighted by Gasteiger charge is -2.21. The number of aromatic nitrogens is 1. The predicted octanol–water partition coefficient (Wildman–Crippen LogP) is 2.58. The SMILES string of the molecule is CN(Cc1ccc(F)c2cccnc12)CC(O)C1CC1. The average molecular weight is 274 g/mol. The monoisotopic (exact) mass is 274 g/mol. The maximum atomic E-state index is 13.7. The van der Waals surface area contributed by atoms with E-state index in [9.17, 15) is 9.50 Å². The summed E-state index contributed by atoms with van der Waals surface area (Å²) in [5, 5.41) is 10.5. The molecule has 2 aromatic rings. The van der Waals surface area contributed by atoms with E-state index < -0.39 is 0 Å². The number of benzene rings is 1. The summed E-state index contributed by atoms with van der Waals surface area (Å²) in [5.41, 5.74) is 1.70. The Labute approximate surface area is 118 Å². The van der Waals surface area contributed by atoms with E-state index >= 15 is 0 Å². The summed E-state index contributed by atoms with van der Waals surface area (Å²) < 4.78 is 13.7. The van der Waals surface area contributed by atoms with Crippen molar-refractivity contribution in [3.63, 3.8) is 0 Å². The van der Waals surface area contributed by atoms with Crippen LogP contribution in [0.4, 0.5) is 4.39 Å². The molecule has 0 aliphatic heterocycles. The molecule has 1 aromatic heterocycles. The predicted molar refractivity (Wildman–Crippen MR) is 76.8 cm³/mol. The summed E-state index contributed by atoms with van der Waals surface area (Å²) in [6, 6.07) is 6.77. The highest BCUT2D eigenvalue weighted by molar-refractivity contribution is 5.82. The molecule has 1 aliphatic carbocycles. The minimum atomic E-state index is -0.250. The highest BCUT2D eigenvalue weighted by Gasteiger charge is 2.30. The third kappa shape index (κ3) is 2.81. The summed E-state index contributed by atoms with van der Waals surface area (Å²) in [6.45, 7) is 1.31. The first-order chi connectivity index (χ1) is 9.65. The van der Waals surface area contributed by atoms with E-state index in [4.69, 9.17) is 0 Å². The first-order valence-corrected chi connectivity index (χ1v) is 7.04. The Bertz CT molecular complexity index is 612. The van der Waals surface area contributed by atoms with Crippen LogP contribution in [0.1, 0.15) is 18.4 Å². The van der Waals surface area contributed by atoms with Crippen molar-refractivity contribution in [1.82, 2.24) is 9.88 Å². The van der Waals surface area contributed by atoms with Gasteiger partial charge < -0.3 is 5.11 Å². The topological polar surface area (TPSA) is 36.4 Å². The Kier molecular flexibility index (Phi) is 3.68. The van der Waals surface area contributed by atoms with E-state index in [1.54, 1.807) is 24.4 Å². The van der Waals surface area contributed by atoms with Gasteiger partial charge in [-0.05, 0) is 49.6 Å². The number of aliphatic hydroxyl groups is 1. The molecule has 3 rings (SSSR count). The van der Waals surface area contributed by atoms with Gasteiger partial charge in [0.25, 0.3) is 0 Å². The van der Waals surface area contributed by atoms with Crippen molar-refractivity contribution in [1.29, 1.82) is 0 Å². The number of likely N-dealkylation sites (N-methyl/N-ethyl adjacent to an activating group) is 1. The zero-order valence-electron chi connectivity index (χ0n) is 11.6. The number of hydrogen-bond acceptors (Lipinski definition) is 3. The summed E-state index contributed by atoms with van der Waals surface area (Å²) >= 11 is 0. The van der Waals surface area contributed by atoms with Crippen molar-refractivity contribution in [2.24, 2.45) is 5.92 Å². The van der Waals surface area contributed by atoms with Crippen molar-refractivity contribution in [3.8, 4) is 0 Å². The quantitative estimate of drug-likeness (QED) is 0.910. The van der Waals surface area contributed by atoms with Gasteiger partial charge in [-0.15, -0.1) is 0 Å². The van der Waals surface area contributed by atoms with Crippen LogP contribution in [0, 0.1) is 11.7 Å². The summed E-state index contributed by atoms with van der Waals surface area (Å²) in [7, 11) is 1.98. The van der Waals surface area contributed by atoms with Gasteiger partial charge in [-0.3, -0.25) is 9.88 Å². The minimum Gasteiger partial charge on any atom is -0.392 e. The fraction of sp³-hybridized carbons (Fsp3) is 0.438. The Morgan fingerprint density at radius 3 is 2.95 bits per heavy atom. The Morgan fingerprint density at radius 1 is 1.40 bits per heavy atom. The molecule has 20 heavy (non-hydrogen) atoms. The molecule has 3 nitrogen and oxygen atoms in total. The molecule has 1 aliphatic rings. The Balaban J connectivity index is 1.78. The van der Waals surface area contributed by atoms with Crippen molar-refractivity contribution in [2.45, 2.75) is 25.5 Å². The second-order valence-electron chi connectivity index (χ2n) is 5.71. The smallest absolute Gasteiger partial charge is 0.132 e. The fourth-order valence-corrected chi connectivity index (χ4v) is 2.63. The standard InChI is InChI=1S/C16H19FN2O/c1-19(10-15(20)11-4-5-11)9-12-6-7-14(17)13-3-2-8-18-16(12)13/h2-3,6-8,11,15,20H,4-5,9-10H2,1H3. The van der Waals surface area contributed by atoms with Crippen molar-refractivity contribution < 1.29 is 9.50 Å². The Morgan fingerprint density at radius 2 is 2.20 bits per heavy atom. The average Bonchev–Trinajstić information content (AvgIpc) is 3.27. The molecule has 1 atom stereocenters. The number of nitrogens with zero attached hydrogens (tertiary/aromatic N) is 2. The van der Waals surface area contributed by atoms with E-state index in [1.807, 2.05) is 7.05 Å². The van der Waals surface area contributed by atoms with Gasteiger partial charge in [0.15, 0.2) is 0 Å². The highest BCUT2D eigenvalue weighted by atomic mass is 19.1. The molecule has 0 bridgehead atoms. The van der Waals surface area contributed by atoms with Crippen LogP contribution >= 0.6 is 0 Å². The van der Waals surface area contributed by atoms with Gasteiger partial charge in [0, 0.05) is 24.7 Å². The zero-order chi connectivity index (χ0) is 14.1. The first kappa shape index (κ1) is 13.5. The van der Waals surface area contributed by atoms with Gasteiger partial charge in [-0.2, -0.15) is 0 Å². The molecular weight excluding hydrogens is 255 g/mol. The lowest BCUT2D eigenvalue weighted by molar-refractivity contribution is 0.104. The van der Waals surface area contributed by atoms with Crippen molar-refractivity contribution >= 4 is 10.9 Å². The van der Waals surface area contributed by atoms with Gasteiger partial charge in [0.05, 0.1) is 11.6 Å². The maximum Gasteiger partial charge on any atom is 0.132 e. The number of rotatable bonds is 5. The van der Waals surface area contributed by atoms with Crippen LogP contribution in [0.5, 0.6) is 0 Å². The summed E-state index contributed by atoms with van der Waals surface area (Å²) in [4.78, 5) is 6.37. The molecule has 1 fully saturated rings. The summed E-state index contributed by atoms with van der Waals surface area (Å²) in [5.74, 6) is 0.234. The number of pyridine rings is 1. The maximum absolute atomic E-state index is 13.7. The van der Waals surface area contributed by atoms with Crippen LogP contribution in [-0.4, -0.2) is 34.7 Å². The minimum absolute atomic E-state index is 0.238. The van der Waals surface area contributed by atoms with E-state index in [-0.39, 0.29) is 11.9 Å². The molecule has 4 heteroatoms. The first-order valence-electron chi connectivity index (χ1n) is 7.04. The van der Waals surface area contributed by atoms with Gasteiger partial charge >= 0.3 is 0 Å². The Hall–Kier alpha value is -1.52. The van der Waals surface area contributed by atoms with Crippen LogP contribution in [-0.2, 0) is 6.54 Å². The van der Waals surface area contributed by atoms with Crippen LogP contribution in [0.2, 0.25) is 0 Å². The van der Waals surface area contributed by atoms with Crippen molar-refractivity contribution in [3.05, 3.63) is 41.8 Å². The molecule has 1 unspecified atom stereocenters.